The lowest BCUT2D eigenvalue weighted by Crippen LogP contribution is -1.97. The molecule has 4 heteroatoms. The Hall–Kier alpha value is -2.75. The summed E-state index contributed by atoms with van der Waals surface area (Å²) in [5.41, 5.74) is 2.21. The van der Waals surface area contributed by atoms with Gasteiger partial charge in [-0.3, -0.25) is 0 Å². The van der Waals surface area contributed by atoms with Crippen LogP contribution in [0, 0.1) is 17.5 Å². The molecule has 0 spiro atoms. The van der Waals surface area contributed by atoms with Gasteiger partial charge in [-0.25, -0.2) is 13.2 Å². The Morgan fingerprint density at radius 2 is 1.37 bits per heavy atom. The van der Waals surface area contributed by atoms with E-state index in [0.29, 0.717) is 41.0 Å². The molecule has 0 atom stereocenters. The number of aryl methyl sites for hydroxylation is 1. The third-order valence-electron chi connectivity index (χ3n) is 4.44. The first-order valence-corrected chi connectivity index (χ1v) is 9.05. The largest absolute Gasteiger partial charge is 0.494 e. The molecular formula is C23H21F3O. The summed E-state index contributed by atoms with van der Waals surface area (Å²) in [5, 5.41) is 0. The van der Waals surface area contributed by atoms with Crippen LogP contribution in [0.5, 0.6) is 5.75 Å². The smallest absolute Gasteiger partial charge is 0.166 e. The molecule has 1 nitrogen and oxygen atoms in total. The SMILES string of the molecule is CCCc1ccc(-c2ccc(-c3ccc(OCC)cc3F)cc2)c(F)c1F. The van der Waals surface area contributed by atoms with Crippen LogP contribution in [-0.2, 0) is 6.42 Å². The topological polar surface area (TPSA) is 9.23 Å². The van der Waals surface area contributed by atoms with Crippen molar-refractivity contribution in [2.45, 2.75) is 26.7 Å². The first-order valence-electron chi connectivity index (χ1n) is 9.05. The molecule has 140 valence electrons. The van der Waals surface area contributed by atoms with E-state index in [1.54, 1.807) is 48.5 Å². The predicted octanol–water partition coefficient (Wildman–Crippen LogP) is 6.79. The lowest BCUT2D eigenvalue weighted by atomic mass is 9.98. The highest BCUT2D eigenvalue weighted by atomic mass is 19.2. The highest BCUT2D eigenvalue weighted by Crippen LogP contribution is 2.31. The van der Waals surface area contributed by atoms with Gasteiger partial charge in [0.05, 0.1) is 6.61 Å². The minimum atomic E-state index is -0.846. The Bertz CT molecular complexity index is 933. The zero-order valence-corrected chi connectivity index (χ0v) is 15.4. The molecule has 0 aromatic heterocycles. The van der Waals surface area contributed by atoms with Crippen molar-refractivity contribution in [2.24, 2.45) is 0 Å². The third-order valence-corrected chi connectivity index (χ3v) is 4.44. The molecule has 0 radical (unpaired) electrons. The van der Waals surface area contributed by atoms with Gasteiger partial charge in [-0.2, -0.15) is 0 Å². The molecule has 0 amide bonds. The highest BCUT2D eigenvalue weighted by molar-refractivity contribution is 5.71. The molecule has 0 aliphatic heterocycles. The first kappa shape index (κ1) is 19.0. The van der Waals surface area contributed by atoms with Crippen molar-refractivity contribution in [3.63, 3.8) is 0 Å². The fourth-order valence-corrected chi connectivity index (χ4v) is 3.09. The fourth-order valence-electron chi connectivity index (χ4n) is 3.09. The van der Waals surface area contributed by atoms with Crippen molar-refractivity contribution in [1.82, 2.24) is 0 Å². The summed E-state index contributed by atoms with van der Waals surface area (Å²) in [4.78, 5) is 0. The average molecular weight is 370 g/mol. The second-order valence-corrected chi connectivity index (χ2v) is 6.30. The number of benzene rings is 3. The molecule has 0 heterocycles. The molecule has 3 aromatic carbocycles. The van der Waals surface area contributed by atoms with Crippen LogP contribution in [0.2, 0.25) is 0 Å². The standard InChI is InChI=1S/C23H21F3O/c1-3-5-17-10-12-20(23(26)22(17)25)16-8-6-15(7-9-16)19-13-11-18(27-4-2)14-21(19)24/h6-14H,3-5H2,1-2H3. The van der Waals surface area contributed by atoms with Crippen LogP contribution in [0.15, 0.2) is 54.6 Å². The summed E-state index contributed by atoms with van der Waals surface area (Å²) in [6, 6.07) is 14.6. The number of halogens is 3. The normalized spacial score (nSPS) is 10.9. The molecular weight excluding hydrogens is 349 g/mol. The van der Waals surface area contributed by atoms with E-state index in [9.17, 15) is 13.2 Å². The fraction of sp³-hybridized carbons (Fsp3) is 0.217. The Kier molecular flexibility index (Phi) is 5.84. The monoisotopic (exact) mass is 370 g/mol. The summed E-state index contributed by atoms with van der Waals surface area (Å²) >= 11 is 0. The van der Waals surface area contributed by atoms with Gasteiger partial charge in [0.15, 0.2) is 11.6 Å². The molecule has 0 bridgehead atoms. The second-order valence-electron chi connectivity index (χ2n) is 6.30. The van der Waals surface area contributed by atoms with Crippen LogP contribution < -0.4 is 4.74 Å². The summed E-state index contributed by atoms with van der Waals surface area (Å²) < 4.78 is 48.2. The van der Waals surface area contributed by atoms with Crippen molar-refractivity contribution < 1.29 is 17.9 Å². The van der Waals surface area contributed by atoms with E-state index in [1.165, 1.54) is 6.07 Å². The zero-order valence-electron chi connectivity index (χ0n) is 15.4. The quantitative estimate of drug-likeness (QED) is 0.464. The van der Waals surface area contributed by atoms with E-state index >= 15 is 0 Å². The van der Waals surface area contributed by atoms with Gasteiger partial charge >= 0.3 is 0 Å². The van der Waals surface area contributed by atoms with Crippen LogP contribution in [0.4, 0.5) is 13.2 Å². The first-order chi connectivity index (χ1) is 13.0. The maximum Gasteiger partial charge on any atom is 0.166 e. The molecule has 0 saturated carbocycles. The van der Waals surface area contributed by atoms with Gasteiger partial charge in [-0.1, -0.05) is 49.7 Å². The Morgan fingerprint density at radius 3 is 1.96 bits per heavy atom. The lowest BCUT2D eigenvalue weighted by Gasteiger charge is -2.10. The van der Waals surface area contributed by atoms with Gasteiger partial charge in [0.2, 0.25) is 0 Å². The second kappa shape index (κ2) is 8.30. The van der Waals surface area contributed by atoms with E-state index in [2.05, 4.69) is 0 Å². The summed E-state index contributed by atoms with van der Waals surface area (Å²) in [7, 11) is 0. The van der Waals surface area contributed by atoms with Gasteiger partial charge in [0.25, 0.3) is 0 Å². The van der Waals surface area contributed by atoms with Gasteiger partial charge in [-0.05, 0) is 42.2 Å². The highest BCUT2D eigenvalue weighted by Gasteiger charge is 2.15. The predicted molar refractivity (Wildman–Crippen MR) is 102 cm³/mol. The van der Waals surface area contributed by atoms with E-state index < -0.39 is 17.5 Å². The van der Waals surface area contributed by atoms with Crippen LogP contribution >= 0.6 is 0 Å². The summed E-state index contributed by atoms with van der Waals surface area (Å²) in [6.07, 6.45) is 1.25. The van der Waals surface area contributed by atoms with Gasteiger partial charge in [0.1, 0.15) is 11.6 Å². The van der Waals surface area contributed by atoms with Crippen LogP contribution in [0.1, 0.15) is 25.8 Å². The van der Waals surface area contributed by atoms with Gasteiger partial charge in [-0.15, -0.1) is 0 Å². The van der Waals surface area contributed by atoms with Crippen molar-refractivity contribution in [1.29, 1.82) is 0 Å². The average Bonchev–Trinajstić information content (AvgIpc) is 2.67. The van der Waals surface area contributed by atoms with Crippen molar-refractivity contribution >= 4 is 0 Å². The number of ether oxygens (including phenoxy) is 1. The maximum atomic E-state index is 14.4. The van der Waals surface area contributed by atoms with E-state index in [-0.39, 0.29) is 5.56 Å². The van der Waals surface area contributed by atoms with E-state index in [1.807, 2.05) is 13.8 Å². The molecule has 3 rings (SSSR count). The van der Waals surface area contributed by atoms with Crippen LogP contribution in [-0.4, -0.2) is 6.61 Å². The molecule has 0 N–H and O–H groups in total. The maximum absolute atomic E-state index is 14.4. The zero-order chi connectivity index (χ0) is 19.4. The molecule has 0 fully saturated rings. The molecule has 0 aliphatic rings. The van der Waals surface area contributed by atoms with Crippen LogP contribution in [0.25, 0.3) is 22.3 Å². The molecule has 3 aromatic rings. The van der Waals surface area contributed by atoms with Gasteiger partial charge in [0, 0.05) is 17.2 Å². The Labute approximate surface area is 157 Å². The minimum Gasteiger partial charge on any atom is -0.494 e. The van der Waals surface area contributed by atoms with Crippen molar-refractivity contribution in [3.05, 3.63) is 77.6 Å². The summed E-state index contributed by atoms with van der Waals surface area (Å²) in [6.45, 7) is 4.22. The van der Waals surface area contributed by atoms with Gasteiger partial charge < -0.3 is 4.74 Å². The molecule has 27 heavy (non-hydrogen) atoms. The molecule has 0 aliphatic carbocycles. The van der Waals surface area contributed by atoms with Crippen LogP contribution in [0.3, 0.4) is 0 Å². The third kappa shape index (κ3) is 4.00. The number of hydrogen-bond acceptors (Lipinski definition) is 1. The molecule has 0 unspecified atom stereocenters. The van der Waals surface area contributed by atoms with Crippen molar-refractivity contribution in [2.75, 3.05) is 6.61 Å². The number of hydrogen-bond donors (Lipinski definition) is 0. The number of rotatable bonds is 6. The van der Waals surface area contributed by atoms with E-state index in [0.717, 1.165) is 6.42 Å². The van der Waals surface area contributed by atoms with Crippen molar-refractivity contribution in [3.8, 4) is 28.0 Å². The van der Waals surface area contributed by atoms with E-state index in [4.69, 9.17) is 4.74 Å². The minimum absolute atomic E-state index is 0.200. The lowest BCUT2D eigenvalue weighted by molar-refractivity contribution is 0.338. The molecule has 0 saturated heterocycles. The Morgan fingerprint density at radius 1 is 0.741 bits per heavy atom. The Balaban J connectivity index is 1.91. The summed E-state index contributed by atoms with van der Waals surface area (Å²) in [5.74, 6) is -1.56.